The van der Waals surface area contributed by atoms with Crippen LogP contribution in [0.15, 0.2) is 0 Å². The highest BCUT2D eigenvalue weighted by molar-refractivity contribution is 5.08. The zero-order valence-corrected chi connectivity index (χ0v) is 21.0. The van der Waals surface area contributed by atoms with Gasteiger partial charge in [-0.3, -0.25) is 0 Å². The molecule has 0 radical (unpaired) electrons. The SMILES string of the molecule is CCCCCC1CCC(C)(C)C(CC(O)C2CCCC3(C)C2CCC32OCCCO2)C1. The van der Waals surface area contributed by atoms with Gasteiger partial charge in [-0.15, -0.1) is 0 Å². The number of fused-ring (bicyclic) bond motifs is 2. The maximum absolute atomic E-state index is 11.6. The van der Waals surface area contributed by atoms with E-state index in [4.69, 9.17) is 9.47 Å². The van der Waals surface area contributed by atoms with Crippen LogP contribution in [-0.2, 0) is 9.47 Å². The van der Waals surface area contributed by atoms with E-state index in [9.17, 15) is 5.11 Å². The standard InChI is InChI=1S/C28H50O3/c1-5-6-7-10-21-12-15-26(2,3)22(19-21)20-25(29)23-11-8-14-27(4)24(23)13-16-28(27)30-17-9-18-31-28/h21-25,29H,5-20H2,1-4H3. The minimum Gasteiger partial charge on any atom is -0.393 e. The highest BCUT2D eigenvalue weighted by Gasteiger charge is 2.63. The molecule has 1 heterocycles. The quantitative estimate of drug-likeness (QED) is 0.434. The third-order valence-electron chi connectivity index (χ3n) is 10.3. The molecule has 6 atom stereocenters. The van der Waals surface area contributed by atoms with E-state index >= 15 is 0 Å². The number of rotatable bonds is 7. The maximum Gasteiger partial charge on any atom is 0.173 e. The zero-order chi connectivity index (χ0) is 22.1. The molecule has 0 aromatic rings. The molecule has 4 aliphatic rings. The molecule has 3 heteroatoms. The van der Waals surface area contributed by atoms with Gasteiger partial charge in [0.2, 0.25) is 0 Å². The van der Waals surface area contributed by atoms with Gasteiger partial charge in [0.25, 0.3) is 0 Å². The van der Waals surface area contributed by atoms with Crippen molar-refractivity contribution in [1.82, 2.24) is 0 Å². The fraction of sp³-hybridized carbons (Fsp3) is 1.00. The number of hydrogen-bond acceptors (Lipinski definition) is 3. The Labute approximate surface area is 192 Å². The summed E-state index contributed by atoms with van der Waals surface area (Å²) in [6.07, 6.45) is 17.2. The van der Waals surface area contributed by atoms with Crippen LogP contribution in [-0.4, -0.2) is 30.2 Å². The van der Waals surface area contributed by atoms with Gasteiger partial charge in [-0.1, -0.05) is 59.8 Å². The average molecular weight is 435 g/mol. The summed E-state index contributed by atoms with van der Waals surface area (Å²) in [7, 11) is 0. The minimum absolute atomic E-state index is 0.0715. The summed E-state index contributed by atoms with van der Waals surface area (Å²) < 4.78 is 12.7. The molecule has 6 unspecified atom stereocenters. The molecule has 3 nitrogen and oxygen atoms in total. The van der Waals surface area contributed by atoms with Gasteiger partial charge < -0.3 is 14.6 Å². The molecule has 1 spiro atoms. The summed E-state index contributed by atoms with van der Waals surface area (Å²) in [5.74, 6) is 2.13. The van der Waals surface area contributed by atoms with Gasteiger partial charge in [-0.05, 0) is 80.5 Å². The molecule has 4 fully saturated rings. The summed E-state index contributed by atoms with van der Waals surface area (Å²) in [6.45, 7) is 11.3. The van der Waals surface area contributed by atoms with Crippen LogP contribution in [0.4, 0.5) is 0 Å². The van der Waals surface area contributed by atoms with Gasteiger partial charge in [0, 0.05) is 11.8 Å². The van der Waals surface area contributed by atoms with E-state index < -0.39 is 0 Å². The van der Waals surface area contributed by atoms with Crippen molar-refractivity contribution in [3.8, 4) is 0 Å². The molecule has 1 N–H and O–H groups in total. The van der Waals surface area contributed by atoms with Crippen molar-refractivity contribution in [2.24, 2.45) is 34.5 Å². The number of ether oxygens (including phenoxy) is 2. The van der Waals surface area contributed by atoms with Crippen LogP contribution in [0.5, 0.6) is 0 Å². The van der Waals surface area contributed by atoms with Gasteiger partial charge in [0.1, 0.15) is 0 Å². The molecule has 1 aliphatic heterocycles. The Morgan fingerprint density at radius 1 is 0.935 bits per heavy atom. The van der Waals surface area contributed by atoms with Crippen molar-refractivity contribution < 1.29 is 14.6 Å². The minimum atomic E-state index is -0.372. The Bertz CT molecular complexity index is 581. The van der Waals surface area contributed by atoms with Gasteiger partial charge in [-0.2, -0.15) is 0 Å². The summed E-state index contributed by atoms with van der Waals surface area (Å²) in [4.78, 5) is 0. The molecular weight excluding hydrogens is 384 g/mol. The normalized spacial score (nSPS) is 40.5. The Morgan fingerprint density at radius 2 is 1.71 bits per heavy atom. The lowest BCUT2D eigenvalue weighted by molar-refractivity contribution is -0.321. The van der Waals surface area contributed by atoms with Crippen molar-refractivity contribution in [2.45, 2.75) is 129 Å². The third kappa shape index (κ3) is 4.62. The summed E-state index contributed by atoms with van der Waals surface area (Å²) in [6, 6.07) is 0. The molecule has 0 aromatic carbocycles. The molecule has 4 rings (SSSR count). The van der Waals surface area contributed by atoms with Gasteiger partial charge >= 0.3 is 0 Å². The van der Waals surface area contributed by atoms with E-state index in [0.717, 1.165) is 44.8 Å². The molecule has 0 bridgehead atoms. The number of unbranched alkanes of at least 4 members (excludes halogenated alkanes) is 2. The van der Waals surface area contributed by atoms with E-state index in [1.165, 1.54) is 64.2 Å². The Hall–Kier alpha value is -0.120. The second-order valence-corrected chi connectivity index (χ2v) is 12.5. The first kappa shape index (κ1) is 24.0. The highest BCUT2D eigenvalue weighted by Crippen LogP contribution is 2.63. The Kier molecular flexibility index (Phi) is 7.46. The molecule has 0 aromatic heterocycles. The van der Waals surface area contributed by atoms with Gasteiger partial charge in [-0.25, -0.2) is 0 Å². The van der Waals surface area contributed by atoms with E-state index in [1.807, 2.05) is 0 Å². The Morgan fingerprint density at radius 3 is 2.45 bits per heavy atom. The van der Waals surface area contributed by atoms with Crippen LogP contribution < -0.4 is 0 Å². The number of aliphatic hydroxyl groups is 1. The van der Waals surface area contributed by atoms with E-state index in [0.29, 0.717) is 23.2 Å². The van der Waals surface area contributed by atoms with Gasteiger partial charge in [0.05, 0.1) is 19.3 Å². The van der Waals surface area contributed by atoms with Crippen molar-refractivity contribution in [3.63, 3.8) is 0 Å². The van der Waals surface area contributed by atoms with Crippen LogP contribution in [0.25, 0.3) is 0 Å². The molecule has 180 valence electrons. The van der Waals surface area contributed by atoms with Crippen LogP contribution >= 0.6 is 0 Å². The second-order valence-electron chi connectivity index (χ2n) is 12.5. The smallest absolute Gasteiger partial charge is 0.173 e. The van der Waals surface area contributed by atoms with Crippen LogP contribution in [0.2, 0.25) is 0 Å². The topological polar surface area (TPSA) is 38.7 Å². The first-order chi connectivity index (χ1) is 14.8. The van der Waals surface area contributed by atoms with Crippen molar-refractivity contribution in [2.75, 3.05) is 13.2 Å². The largest absolute Gasteiger partial charge is 0.393 e. The zero-order valence-electron chi connectivity index (χ0n) is 21.0. The number of hydrogen-bond donors (Lipinski definition) is 1. The summed E-state index contributed by atoms with van der Waals surface area (Å²) in [5, 5.41) is 11.6. The van der Waals surface area contributed by atoms with E-state index in [1.54, 1.807) is 0 Å². The second kappa shape index (κ2) is 9.63. The molecular formula is C28H50O3. The van der Waals surface area contributed by atoms with E-state index in [-0.39, 0.29) is 17.3 Å². The van der Waals surface area contributed by atoms with Crippen molar-refractivity contribution in [1.29, 1.82) is 0 Å². The summed E-state index contributed by atoms with van der Waals surface area (Å²) in [5.41, 5.74) is 0.439. The number of aliphatic hydroxyl groups excluding tert-OH is 1. The monoisotopic (exact) mass is 434 g/mol. The first-order valence-electron chi connectivity index (χ1n) is 13.8. The molecule has 0 amide bonds. The molecule has 31 heavy (non-hydrogen) atoms. The van der Waals surface area contributed by atoms with Crippen molar-refractivity contribution in [3.05, 3.63) is 0 Å². The maximum atomic E-state index is 11.6. The Balaban J connectivity index is 1.42. The molecule has 3 saturated carbocycles. The van der Waals surface area contributed by atoms with Crippen molar-refractivity contribution >= 4 is 0 Å². The lowest BCUT2D eigenvalue weighted by Gasteiger charge is -2.53. The fourth-order valence-electron chi connectivity index (χ4n) is 8.16. The lowest BCUT2D eigenvalue weighted by atomic mass is 9.58. The van der Waals surface area contributed by atoms with Crippen LogP contribution in [0, 0.1) is 34.5 Å². The fourth-order valence-corrected chi connectivity index (χ4v) is 8.16. The van der Waals surface area contributed by atoms with Crippen LogP contribution in [0.3, 0.4) is 0 Å². The highest BCUT2D eigenvalue weighted by atomic mass is 16.7. The van der Waals surface area contributed by atoms with Gasteiger partial charge in [0.15, 0.2) is 5.79 Å². The first-order valence-corrected chi connectivity index (χ1v) is 13.8. The lowest BCUT2D eigenvalue weighted by Crippen LogP contribution is -2.55. The predicted molar refractivity (Wildman–Crippen MR) is 127 cm³/mol. The summed E-state index contributed by atoms with van der Waals surface area (Å²) >= 11 is 0. The average Bonchev–Trinajstić information content (AvgIpc) is 3.03. The predicted octanol–water partition coefficient (Wildman–Crippen LogP) is 7.11. The third-order valence-corrected chi connectivity index (χ3v) is 10.3. The van der Waals surface area contributed by atoms with Crippen LogP contribution in [0.1, 0.15) is 118 Å². The molecule has 3 aliphatic carbocycles. The van der Waals surface area contributed by atoms with E-state index in [2.05, 4.69) is 27.7 Å². The molecule has 1 saturated heterocycles.